The standard InChI is InChI=1S/C14H14N2OS/c1-10-3-4-12(7-11(10)2)13(17)8-18-14-5-6-15-9-16-14/h3-7,9H,8H2,1-2H3. The van der Waals surface area contributed by atoms with Crippen LogP contribution in [0.4, 0.5) is 0 Å². The van der Waals surface area contributed by atoms with Gasteiger partial charge in [0.05, 0.1) is 10.8 Å². The smallest absolute Gasteiger partial charge is 0.173 e. The van der Waals surface area contributed by atoms with Crippen molar-refractivity contribution >= 4 is 17.5 Å². The van der Waals surface area contributed by atoms with Crippen molar-refractivity contribution in [3.8, 4) is 0 Å². The van der Waals surface area contributed by atoms with Crippen LogP contribution in [0, 0.1) is 13.8 Å². The molecule has 1 aromatic carbocycles. The largest absolute Gasteiger partial charge is 0.293 e. The van der Waals surface area contributed by atoms with Gasteiger partial charge in [-0.2, -0.15) is 0 Å². The number of aromatic nitrogens is 2. The topological polar surface area (TPSA) is 42.9 Å². The highest BCUT2D eigenvalue weighted by Crippen LogP contribution is 2.17. The summed E-state index contributed by atoms with van der Waals surface area (Å²) in [6, 6.07) is 7.61. The van der Waals surface area contributed by atoms with Gasteiger partial charge in [-0.3, -0.25) is 4.79 Å². The van der Waals surface area contributed by atoms with Gasteiger partial charge < -0.3 is 0 Å². The minimum Gasteiger partial charge on any atom is -0.293 e. The number of ketones is 1. The number of hydrogen-bond donors (Lipinski definition) is 0. The SMILES string of the molecule is Cc1ccc(C(=O)CSc2ccncn2)cc1C. The van der Waals surface area contributed by atoms with Crippen LogP contribution in [0.15, 0.2) is 41.8 Å². The highest BCUT2D eigenvalue weighted by atomic mass is 32.2. The highest BCUT2D eigenvalue weighted by Gasteiger charge is 2.08. The van der Waals surface area contributed by atoms with Gasteiger partial charge in [0.2, 0.25) is 0 Å². The monoisotopic (exact) mass is 258 g/mol. The Hall–Kier alpha value is -1.68. The molecule has 0 aliphatic heterocycles. The lowest BCUT2D eigenvalue weighted by Crippen LogP contribution is -2.03. The molecular formula is C14H14N2OS. The van der Waals surface area contributed by atoms with Gasteiger partial charge in [-0.1, -0.05) is 23.9 Å². The molecule has 1 aromatic heterocycles. The number of benzene rings is 1. The molecule has 2 aromatic rings. The molecule has 0 bridgehead atoms. The average molecular weight is 258 g/mol. The van der Waals surface area contributed by atoms with Gasteiger partial charge in [-0.05, 0) is 37.1 Å². The summed E-state index contributed by atoms with van der Waals surface area (Å²) in [6.07, 6.45) is 3.17. The molecule has 0 amide bonds. The number of aryl methyl sites for hydroxylation is 2. The van der Waals surface area contributed by atoms with Crippen molar-refractivity contribution in [3.05, 3.63) is 53.5 Å². The van der Waals surface area contributed by atoms with Crippen molar-refractivity contribution in [2.75, 3.05) is 5.75 Å². The summed E-state index contributed by atoms with van der Waals surface area (Å²) in [5.41, 5.74) is 3.11. The highest BCUT2D eigenvalue weighted by molar-refractivity contribution is 7.99. The summed E-state index contributed by atoms with van der Waals surface area (Å²) in [4.78, 5) is 19.9. The molecule has 0 aliphatic rings. The summed E-state index contributed by atoms with van der Waals surface area (Å²) < 4.78 is 0. The Morgan fingerprint density at radius 2 is 2.06 bits per heavy atom. The third kappa shape index (κ3) is 3.17. The fraction of sp³-hybridized carbons (Fsp3) is 0.214. The maximum atomic E-state index is 12.0. The summed E-state index contributed by atoms with van der Waals surface area (Å²) in [6.45, 7) is 4.06. The second kappa shape index (κ2) is 5.78. The van der Waals surface area contributed by atoms with E-state index in [1.165, 1.54) is 23.7 Å². The molecule has 18 heavy (non-hydrogen) atoms. The van der Waals surface area contributed by atoms with Crippen LogP contribution in [0.5, 0.6) is 0 Å². The number of thioether (sulfide) groups is 1. The number of nitrogens with zero attached hydrogens (tertiary/aromatic N) is 2. The van der Waals surface area contributed by atoms with Crippen LogP contribution in [0.1, 0.15) is 21.5 Å². The average Bonchev–Trinajstić information content (AvgIpc) is 2.40. The molecule has 0 saturated carbocycles. The molecule has 1 heterocycles. The van der Waals surface area contributed by atoms with E-state index in [-0.39, 0.29) is 5.78 Å². The van der Waals surface area contributed by atoms with Gasteiger partial charge in [0.25, 0.3) is 0 Å². The molecule has 0 saturated heterocycles. The van der Waals surface area contributed by atoms with E-state index in [4.69, 9.17) is 0 Å². The van der Waals surface area contributed by atoms with E-state index in [2.05, 4.69) is 9.97 Å². The van der Waals surface area contributed by atoms with Crippen LogP contribution in [0.3, 0.4) is 0 Å². The Bertz CT molecular complexity index is 555. The molecule has 0 fully saturated rings. The van der Waals surface area contributed by atoms with E-state index >= 15 is 0 Å². The predicted octanol–water partition coefficient (Wildman–Crippen LogP) is 3.07. The first-order chi connectivity index (χ1) is 8.66. The Balaban J connectivity index is 2.02. The third-order valence-electron chi connectivity index (χ3n) is 2.73. The number of rotatable bonds is 4. The first-order valence-electron chi connectivity index (χ1n) is 5.66. The van der Waals surface area contributed by atoms with Crippen molar-refractivity contribution in [2.24, 2.45) is 0 Å². The Kier molecular flexibility index (Phi) is 4.10. The Morgan fingerprint density at radius 3 is 2.72 bits per heavy atom. The predicted molar refractivity (Wildman–Crippen MR) is 73.0 cm³/mol. The van der Waals surface area contributed by atoms with E-state index in [0.29, 0.717) is 5.75 Å². The quantitative estimate of drug-likeness (QED) is 0.480. The number of Topliss-reactive ketones (excluding diaryl/α,β-unsaturated/α-hetero) is 1. The van der Waals surface area contributed by atoms with Crippen molar-refractivity contribution in [1.82, 2.24) is 9.97 Å². The third-order valence-corrected chi connectivity index (χ3v) is 3.68. The summed E-state index contributed by atoms with van der Waals surface area (Å²) in [5, 5.41) is 0.821. The molecule has 0 radical (unpaired) electrons. The summed E-state index contributed by atoms with van der Waals surface area (Å²) in [5.74, 6) is 0.529. The van der Waals surface area contributed by atoms with E-state index in [1.807, 2.05) is 32.0 Å². The van der Waals surface area contributed by atoms with E-state index in [9.17, 15) is 4.79 Å². The molecule has 0 N–H and O–H groups in total. The first-order valence-corrected chi connectivity index (χ1v) is 6.64. The number of carbonyl (C=O) groups is 1. The molecule has 92 valence electrons. The Morgan fingerprint density at radius 1 is 1.22 bits per heavy atom. The normalized spacial score (nSPS) is 10.3. The van der Waals surface area contributed by atoms with E-state index in [1.54, 1.807) is 12.3 Å². The summed E-state index contributed by atoms with van der Waals surface area (Å²) >= 11 is 1.43. The van der Waals surface area contributed by atoms with E-state index < -0.39 is 0 Å². The molecular weight excluding hydrogens is 244 g/mol. The minimum absolute atomic E-state index is 0.127. The maximum Gasteiger partial charge on any atom is 0.173 e. The van der Waals surface area contributed by atoms with Gasteiger partial charge in [-0.25, -0.2) is 9.97 Å². The molecule has 0 unspecified atom stereocenters. The molecule has 0 aliphatic carbocycles. The van der Waals surface area contributed by atoms with Crippen molar-refractivity contribution < 1.29 is 4.79 Å². The minimum atomic E-state index is 0.127. The number of carbonyl (C=O) groups excluding carboxylic acids is 1. The van der Waals surface area contributed by atoms with Gasteiger partial charge in [-0.15, -0.1) is 0 Å². The molecule has 4 heteroatoms. The lowest BCUT2D eigenvalue weighted by Gasteiger charge is -2.04. The second-order valence-corrected chi connectivity index (χ2v) is 5.05. The van der Waals surface area contributed by atoms with Gasteiger partial charge in [0.15, 0.2) is 5.78 Å². The lowest BCUT2D eigenvalue weighted by atomic mass is 10.0. The van der Waals surface area contributed by atoms with E-state index in [0.717, 1.165) is 16.2 Å². The van der Waals surface area contributed by atoms with Crippen LogP contribution in [-0.4, -0.2) is 21.5 Å². The molecule has 0 spiro atoms. The van der Waals surface area contributed by atoms with Gasteiger partial charge in [0, 0.05) is 11.8 Å². The maximum absolute atomic E-state index is 12.0. The Labute approximate surface area is 111 Å². The van der Waals surface area contributed by atoms with Crippen molar-refractivity contribution in [2.45, 2.75) is 18.9 Å². The molecule has 0 atom stereocenters. The van der Waals surface area contributed by atoms with Crippen LogP contribution < -0.4 is 0 Å². The lowest BCUT2D eigenvalue weighted by molar-refractivity contribution is 0.102. The van der Waals surface area contributed by atoms with Crippen molar-refractivity contribution in [3.63, 3.8) is 0 Å². The zero-order valence-electron chi connectivity index (χ0n) is 10.4. The molecule has 2 rings (SSSR count). The van der Waals surface area contributed by atoms with Crippen LogP contribution >= 0.6 is 11.8 Å². The van der Waals surface area contributed by atoms with Crippen LogP contribution in [0.2, 0.25) is 0 Å². The molecule has 3 nitrogen and oxygen atoms in total. The first kappa shape index (κ1) is 12.8. The number of hydrogen-bond acceptors (Lipinski definition) is 4. The van der Waals surface area contributed by atoms with Crippen LogP contribution in [-0.2, 0) is 0 Å². The zero-order valence-corrected chi connectivity index (χ0v) is 11.2. The van der Waals surface area contributed by atoms with Crippen LogP contribution in [0.25, 0.3) is 0 Å². The fourth-order valence-corrected chi connectivity index (χ4v) is 2.23. The zero-order chi connectivity index (χ0) is 13.0. The van der Waals surface area contributed by atoms with Gasteiger partial charge >= 0.3 is 0 Å². The fourth-order valence-electron chi connectivity index (χ4n) is 1.50. The van der Waals surface area contributed by atoms with Crippen molar-refractivity contribution in [1.29, 1.82) is 0 Å². The second-order valence-electron chi connectivity index (χ2n) is 4.06. The van der Waals surface area contributed by atoms with Gasteiger partial charge in [0.1, 0.15) is 6.33 Å². The summed E-state index contributed by atoms with van der Waals surface area (Å²) in [7, 11) is 0.